The molecule has 1 aromatic rings. The first-order valence-electron chi connectivity index (χ1n) is 4.75. The van der Waals surface area contributed by atoms with Crippen molar-refractivity contribution in [2.45, 2.75) is 13.8 Å². The van der Waals surface area contributed by atoms with Gasteiger partial charge in [0.25, 0.3) is 0 Å². The fourth-order valence-corrected chi connectivity index (χ4v) is 0.909. The van der Waals surface area contributed by atoms with Gasteiger partial charge >= 0.3 is 5.97 Å². The molecule has 3 N–H and O–H groups in total. The van der Waals surface area contributed by atoms with Crippen LogP contribution in [0, 0.1) is 0 Å². The lowest BCUT2D eigenvalue weighted by Crippen LogP contribution is -2.10. The molecule has 92 valence electrons. The number of hydrogen-bond donors (Lipinski definition) is 2. The lowest BCUT2D eigenvalue weighted by molar-refractivity contribution is -0.138. The number of carbonyl (C=O) groups is 1. The third-order valence-electron chi connectivity index (χ3n) is 1.70. The topological polar surface area (TPSA) is 124 Å². The van der Waals surface area contributed by atoms with Gasteiger partial charge in [-0.1, -0.05) is 0 Å². The second-order valence-electron chi connectivity index (χ2n) is 2.95. The van der Waals surface area contributed by atoms with E-state index in [1.54, 1.807) is 6.92 Å². The third-order valence-corrected chi connectivity index (χ3v) is 1.70. The Morgan fingerprint density at radius 2 is 2.35 bits per heavy atom. The molecule has 1 aromatic heterocycles. The van der Waals surface area contributed by atoms with Crippen LogP contribution in [-0.4, -0.2) is 34.2 Å². The van der Waals surface area contributed by atoms with Crippen LogP contribution in [0.25, 0.3) is 0 Å². The summed E-state index contributed by atoms with van der Waals surface area (Å²) in [5.41, 5.74) is 5.27. The van der Waals surface area contributed by atoms with Gasteiger partial charge < -0.3 is 15.6 Å². The number of aliphatic hydroxyl groups is 1. The Hall–Kier alpha value is -2.38. The van der Waals surface area contributed by atoms with Gasteiger partial charge in [-0.25, -0.2) is 14.4 Å². The number of nitrogens with two attached hydrogens (primary N) is 1. The van der Waals surface area contributed by atoms with Gasteiger partial charge in [-0.2, -0.15) is 0 Å². The summed E-state index contributed by atoms with van der Waals surface area (Å²) in [5, 5.41) is 16.0. The van der Waals surface area contributed by atoms with Crippen LogP contribution in [0.5, 0.6) is 0 Å². The number of aliphatic hydroxyl groups excluding tert-OH is 1. The minimum atomic E-state index is -0.689. The van der Waals surface area contributed by atoms with E-state index in [0.29, 0.717) is 0 Å². The number of ether oxygens (including phenoxy) is 1. The van der Waals surface area contributed by atoms with Gasteiger partial charge in [0, 0.05) is 6.21 Å². The maximum atomic E-state index is 11.4. The predicted molar refractivity (Wildman–Crippen MR) is 58.8 cm³/mol. The van der Waals surface area contributed by atoms with E-state index in [-0.39, 0.29) is 29.6 Å². The number of esters is 1. The number of allylic oxidation sites excluding steroid dienone is 1. The first kappa shape index (κ1) is 12.7. The Bertz CT molecular complexity index is 459. The van der Waals surface area contributed by atoms with Crippen LogP contribution in [-0.2, 0) is 9.53 Å². The number of aromatic nitrogens is 2. The third kappa shape index (κ3) is 3.30. The lowest BCUT2D eigenvalue weighted by Gasteiger charge is -2.02. The van der Waals surface area contributed by atoms with E-state index in [1.165, 1.54) is 6.92 Å². The van der Waals surface area contributed by atoms with Crippen LogP contribution in [0.15, 0.2) is 21.0 Å². The van der Waals surface area contributed by atoms with Crippen LogP contribution in [0.4, 0.5) is 11.6 Å². The summed E-state index contributed by atoms with van der Waals surface area (Å²) in [5.74, 6) is -0.901. The monoisotopic (exact) mass is 240 g/mol. The van der Waals surface area contributed by atoms with Gasteiger partial charge in [-0.15, -0.1) is 0 Å². The fraction of sp³-hybridized carbons (Fsp3) is 0.333. The van der Waals surface area contributed by atoms with Crippen molar-refractivity contribution >= 4 is 23.8 Å². The Labute approximate surface area is 96.7 Å². The molecule has 0 amide bonds. The lowest BCUT2D eigenvalue weighted by atomic mass is 10.2. The van der Waals surface area contributed by atoms with Crippen molar-refractivity contribution in [3.63, 3.8) is 0 Å². The van der Waals surface area contributed by atoms with Gasteiger partial charge in [-0.05, 0) is 24.2 Å². The largest absolute Gasteiger partial charge is 0.512 e. The summed E-state index contributed by atoms with van der Waals surface area (Å²) in [6, 6.07) is 0. The summed E-state index contributed by atoms with van der Waals surface area (Å²) >= 11 is 0. The normalized spacial score (nSPS) is 12.6. The maximum Gasteiger partial charge on any atom is 0.343 e. The number of aliphatic imine (C=N–C) groups is 1. The molecule has 0 aliphatic heterocycles. The van der Waals surface area contributed by atoms with E-state index in [1.807, 2.05) is 0 Å². The first-order valence-corrected chi connectivity index (χ1v) is 4.75. The van der Waals surface area contributed by atoms with Crippen LogP contribution in [0.1, 0.15) is 13.8 Å². The zero-order valence-electron chi connectivity index (χ0n) is 9.38. The van der Waals surface area contributed by atoms with Crippen LogP contribution < -0.4 is 5.73 Å². The van der Waals surface area contributed by atoms with Crippen molar-refractivity contribution in [1.82, 2.24) is 10.3 Å². The zero-order chi connectivity index (χ0) is 12.8. The molecule has 0 saturated heterocycles. The molecule has 0 spiro atoms. The average molecular weight is 240 g/mol. The molecule has 8 heteroatoms. The van der Waals surface area contributed by atoms with Crippen molar-refractivity contribution < 1.29 is 19.3 Å². The number of nitrogens with zero attached hydrogens (tertiary/aromatic N) is 3. The van der Waals surface area contributed by atoms with E-state index in [2.05, 4.69) is 19.9 Å². The second-order valence-corrected chi connectivity index (χ2v) is 2.95. The molecule has 17 heavy (non-hydrogen) atoms. The van der Waals surface area contributed by atoms with Gasteiger partial charge in [0.1, 0.15) is 11.3 Å². The van der Waals surface area contributed by atoms with Gasteiger partial charge in [0.15, 0.2) is 0 Å². The molecule has 0 aliphatic rings. The van der Waals surface area contributed by atoms with Crippen LogP contribution >= 0.6 is 0 Å². The number of carbonyl (C=O) groups excluding carboxylic acids is 1. The predicted octanol–water partition coefficient (Wildman–Crippen LogP) is 0.749. The molecular weight excluding hydrogens is 228 g/mol. The molecule has 1 rings (SSSR count). The SMILES string of the molecule is CCOC(=O)/C(C=Nc1nonc1N)=C(/C)O. The van der Waals surface area contributed by atoms with E-state index in [9.17, 15) is 9.90 Å². The van der Waals surface area contributed by atoms with Crippen molar-refractivity contribution in [2.75, 3.05) is 12.3 Å². The standard InChI is InChI=1S/C9H12N4O4/c1-3-16-9(15)6(5(2)14)4-11-8-7(10)12-17-13-8/h4,14H,3H2,1-2H3,(H2,10,12)/b6-5-,11-4?. The average Bonchev–Trinajstić information content (AvgIpc) is 2.64. The van der Waals surface area contributed by atoms with Crippen molar-refractivity contribution in [1.29, 1.82) is 0 Å². The molecule has 0 saturated carbocycles. The minimum absolute atomic E-state index is 0.0138. The molecule has 0 atom stereocenters. The summed E-state index contributed by atoms with van der Waals surface area (Å²) in [7, 11) is 0. The number of hydrogen-bond acceptors (Lipinski definition) is 8. The van der Waals surface area contributed by atoms with E-state index < -0.39 is 5.97 Å². The van der Waals surface area contributed by atoms with E-state index in [4.69, 9.17) is 10.5 Å². The molecule has 8 nitrogen and oxygen atoms in total. The van der Waals surface area contributed by atoms with Crippen LogP contribution in [0.2, 0.25) is 0 Å². The highest BCUT2D eigenvalue weighted by Crippen LogP contribution is 2.15. The number of anilines is 1. The zero-order valence-corrected chi connectivity index (χ0v) is 9.38. The number of nitrogen functional groups attached to an aromatic ring is 1. The smallest absolute Gasteiger partial charge is 0.343 e. The van der Waals surface area contributed by atoms with Crippen molar-refractivity contribution in [3.05, 3.63) is 11.3 Å². The number of rotatable bonds is 4. The molecule has 0 unspecified atom stereocenters. The maximum absolute atomic E-state index is 11.4. The molecule has 0 aliphatic carbocycles. The highest BCUT2D eigenvalue weighted by atomic mass is 16.6. The Balaban J connectivity index is 2.90. The van der Waals surface area contributed by atoms with E-state index >= 15 is 0 Å². The quantitative estimate of drug-likeness (QED) is 0.344. The van der Waals surface area contributed by atoms with Crippen LogP contribution in [0.3, 0.4) is 0 Å². The minimum Gasteiger partial charge on any atom is -0.512 e. The Kier molecular flexibility index (Phi) is 4.21. The Morgan fingerprint density at radius 1 is 1.65 bits per heavy atom. The summed E-state index contributed by atoms with van der Waals surface area (Å²) in [4.78, 5) is 15.2. The Morgan fingerprint density at radius 3 is 2.82 bits per heavy atom. The molecule has 0 aromatic carbocycles. The molecule has 0 radical (unpaired) electrons. The van der Waals surface area contributed by atoms with E-state index in [0.717, 1.165) is 6.21 Å². The van der Waals surface area contributed by atoms with Crippen molar-refractivity contribution in [2.24, 2.45) is 4.99 Å². The second kappa shape index (κ2) is 5.64. The fourth-order valence-electron chi connectivity index (χ4n) is 0.909. The molecule has 0 bridgehead atoms. The molecule has 1 heterocycles. The van der Waals surface area contributed by atoms with Crippen molar-refractivity contribution in [3.8, 4) is 0 Å². The van der Waals surface area contributed by atoms with Gasteiger partial charge in [0.2, 0.25) is 11.6 Å². The molecule has 0 fully saturated rings. The highest BCUT2D eigenvalue weighted by molar-refractivity contribution is 6.10. The molecular formula is C9H12N4O4. The van der Waals surface area contributed by atoms with Gasteiger partial charge in [-0.3, -0.25) is 0 Å². The summed E-state index contributed by atoms with van der Waals surface area (Å²) in [6.07, 6.45) is 1.09. The summed E-state index contributed by atoms with van der Waals surface area (Å²) in [6.45, 7) is 3.18. The summed E-state index contributed by atoms with van der Waals surface area (Å²) < 4.78 is 9.04. The highest BCUT2D eigenvalue weighted by Gasteiger charge is 2.12. The first-order chi connectivity index (χ1) is 8.06. The van der Waals surface area contributed by atoms with Gasteiger partial charge in [0.05, 0.1) is 6.61 Å².